The Bertz CT molecular complexity index is 669. The Morgan fingerprint density at radius 1 is 1.19 bits per heavy atom. The van der Waals surface area contributed by atoms with Gasteiger partial charge in [0.25, 0.3) is 0 Å². The second-order valence-electron chi connectivity index (χ2n) is 7.06. The van der Waals surface area contributed by atoms with Crippen LogP contribution in [-0.4, -0.2) is 42.1 Å². The van der Waals surface area contributed by atoms with Gasteiger partial charge >= 0.3 is 0 Å². The standard InChI is InChI=1S/C22H28N2O2/c1-24(15-12-20-9-5-6-16-26-20)22(25)21(19-7-3-2-4-8-19)17-18-10-13-23-14-11-18/h2-4,7-8,10-11,13-14,20-21H,5-6,9,12,15-17H2,1H3. The highest BCUT2D eigenvalue weighted by Gasteiger charge is 2.25. The number of amides is 1. The van der Waals surface area contributed by atoms with Gasteiger partial charge in [-0.15, -0.1) is 0 Å². The summed E-state index contributed by atoms with van der Waals surface area (Å²) in [5, 5.41) is 0. The first-order valence-corrected chi connectivity index (χ1v) is 9.54. The van der Waals surface area contributed by atoms with Crippen molar-refractivity contribution in [2.24, 2.45) is 0 Å². The van der Waals surface area contributed by atoms with E-state index in [1.54, 1.807) is 12.4 Å². The van der Waals surface area contributed by atoms with Crippen molar-refractivity contribution in [1.82, 2.24) is 9.88 Å². The largest absolute Gasteiger partial charge is 0.378 e. The number of nitrogens with zero attached hydrogens (tertiary/aromatic N) is 2. The zero-order valence-corrected chi connectivity index (χ0v) is 15.5. The third-order valence-corrected chi connectivity index (χ3v) is 5.13. The number of aromatic nitrogens is 1. The van der Waals surface area contributed by atoms with Gasteiger partial charge < -0.3 is 9.64 Å². The molecular formula is C22H28N2O2. The third kappa shape index (κ3) is 5.15. The summed E-state index contributed by atoms with van der Waals surface area (Å²) in [5.41, 5.74) is 2.20. The minimum atomic E-state index is -0.170. The lowest BCUT2D eigenvalue weighted by atomic mass is 9.91. The zero-order chi connectivity index (χ0) is 18.2. The Kier molecular flexibility index (Phi) is 6.78. The van der Waals surface area contributed by atoms with Crippen LogP contribution in [0.4, 0.5) is 0 Å². The van der Waals surface area contributed by atoms with Crippen LogP contribution in [0.2, 0.25) is 0 Å². The summed E-state index contributed by atoms with van der Waals surface area (Å²) < 4.78 is 5.80. The van der Waals surface area contributed by atoms with Crippen molar-refractivity contribution in [2.45, 2.75) is 44.1 Å². The molecule has 26 heavy (non-hydrogen) atoms. The minimum Gasteiger partial charge on any atom is -0.378 e. The summed E-state index contributed by atoms with van der Waals surface area (Å²) in [7, 11) is 1.91. The number of hydrogen-bond acceptors (Lipinski definition) is 3. The molecule has 0 spiro atoms. The van der Waals surface area contributed by atoms with E-state index in [4.69, 9.17) is 4.74 Å². The van der Waals surface area contributed by atoms with Crippen molar-refractivity contribution in [3.05, 3.63) is 66.0 Å². The quantitative estimate of drug-likeness (QED) is 0.761. The molecule has 0 bridgehead atoms. The van der Waals surface area contributed by atoms with Crippen LogP contribution in [0, 0.1) is 0 Å². The molecule has 1 amide bonds. The number of carbonyl (C=O) groups excluding carboxylic acids is 1. The molecule has 0 saturated carbocycles. The maximum Gasteiger partial charge on any atom is 0.230 e. The van der Waals surface area contributed by atoms with E-state index in [0.29, 0.717) is 12.5 Å². The van der Waals surface area contributed by atoms with Gasteiger partial charge in [0, 0.05) is 32.6 Å². The average Bonchev–Trinajstić information content (AvgIpc) is 2.72. The van der Waals surface area contributed by atoms with E-state index in [9.17, 15) is 4.79 Å². The van der Waals surface area contributed by atoms with Gasteiger partial charge in [-0.3, -0.25) is 9.78 Å². The lowest BCUT2D eigenvalue weighted by molar-refractivity contribution is -0.132. The van der Waals surface area contributed by atoms with E-state index < -0.39 is 0 Å². The topological polar surface area (TPSA) is 42.4 Å². The van der Waals surface area contributed by atoms with Gasteiger partial charge in [-0.25, -0.2) is 0 Å². The van der Waals surface area contributed by atoms with Crippen LogP contribution in [0.15, 0.2) is 54.9 Å². The molecule has 0 aliphatic carbocycles. The molecule has 1 fully saturated rings. The van der Waals surface area contributed by atoms with Gasteiger partial charge in [0.15, 0.2) is 0 Å². The normalized spacial score (nSPS) is 18.3. The molecule has 138 valence electrons. The lowest BCUT2D eigenvalue weighted by Crippen LogP contribution is -2.35. The van der Waals surface area contributed by atoms with E-state index in [1.807, 2.05) is 54.4 Å². The van der Waals surface area contributed by atoms with Crippen LogP contribution in [0.25, 0.3) is 0 Å². The fraction of sp³-hybridized carbons (Fsp3) is 0.455. The zero-order valence-electron chi connectivity index (χ0n) is 15.5. The minimum absolute atomic E-state index is 0.170. The van der Waals surface area contributed by atoms with Crippen molar-refractivity contribution in [3.8, 4) is 0 Å². The SMILES string of the molecule is CN(CCC1CCCCO1)C(=O)C(Cc1ccncc1)c1ccccc1. The highest BCUT2D eigenvalue weighted by molar-refractivity contribution is 5.83. The molecule has 1 aromatic heterocycles. The lowest BCUT2D eigenvalue weighted by Gasteiger charge is -2.28. The summed E-state index contributed by atoms with van der Waals surface area (Å²) in [4.78, 5) is 19.1. The number of benzene rings is 1. The van der Waals surface area contributed by atoms with Crippen LogP contribution >= 0.6 is 0 Å². The van der Waals surface area contributed by atoms with E-state index in [0.717, 1.165) is 43.5 Å². The van der Waals surface area contributed by atoms with Crippen molar-refractivity contribution >= 4 is 5.91 Å². The highest BCUT2D eigenvalue weighted by Crippen LogP contribution is 2.24. The predicted molar refractivity (Wildman–Crippen MR) is 103 cm³/mol. The molecule has 0 N–H and O–H groups in total. The number of likely N-dealkylation sites (N-methyl/N-ethyl adjacent to an activating group) is 1. The third-order valence-electron chi connectivity index (χ3n) is 5.13. The molecule has 1 aliphatic heterocycles. The smallest absolute Gasteiger partial charge is 0.230 e. The summed E-state index contributed by atoms with van der Waals surface area (Å²) in [6.07, 6.45) is 8.98. The molecule has 4 nitrogen and oxygen atoms in total. The molecular weight excluding hydrogens is 324 g/mol. The van der Waals surface area contributed by atoms with E-state index in [-0.39, 0.29) is 11.8 Å². The van der Waals surface area contributed by atoms with Gasteiger partial charge in [-0.2, -0.15) is 0 Å². The maximum absolute atomic E-state index is 13.2. The molecule has 1 aliphatic rings. The number of ether oxygens (including phenoxy) is 1. The molecule has 2 unspecified atom stereocenters. The Hall–Kier alpha value is -2.20. The van der Waals surface area contributed by atoms with Crippen LogP contribution in [-0.2, 0) is 16.0 Å². The summed E-state index contributed by atoms with van der Waals surface area (Å²) >= 11 is 0. The first-order chi connectivity index (χ1) is 12.7. The van der Waals surface area contributed by atoms with Crippen LogP contribution in [0.5, 0.6) is 0 Å². The second-order valence-corrected chi connectivity index (χ2v) is 7.06. The predicted octanol–water partition coefficient (Wildman–Crippen LogP) is 3.83. The Morgan fingerprint density at radius 2 is 1.96 bits per heavy atom. The van der Waals surface area contributed by atoms with E-state index in [2.05, 4.69) is 4.98 Å². The molecule has 1 aromatic carbocycles. The van der Waals surface area contributed by atoms with Crippen LogP contribution < -0.4 is 0 Å². The molecule has 2 atom stereocenters. The van der Waals surface area contributed by atoms with E-state index >= 15 is 0 Å². The van der Waals surface area contributed by atoms with Crippen molar-refractivity contribution in [2.75, 3.05) is 20.2 Å². The molecule has 1 saturated heterocycles. The number of hydrogen-bond donors (Lipinski definition) is 0. The van der Waals surface area contributed by atoms with Crippen molar-refractivity contribution in [3.63, 3.8) is 0 Å². The summed E-state index contributed by atoms with van der Waals surface area (Å²) in [5.74, 6) is -0.000282. The van der Waals surface area contributed by atoms with Gasteiger partial charge in [0.05, 0.1) is 12.0 Å². The molecule has 3 rings (SSSR count). The summed E-state index contributed by atoms with van der Waals surface area (Å²) in [6, 6.07) is 14.0. The first-order valence-electron chi connectivity index (χ1n) is 9.54. The van der Waals surface area contributed by atoms with Gasteiger partial charge in [0.2, 0.25) is 5.91 Å². The highest BCUT2D eigenvalue weighted by atomic mass is 16.5. The molecule has 2 heterocycles. The van der Waals surface area contributed by atoms with Gasteiger partial charge in [-0.05, 0) is 55.4 Å². The average molecular weight is 352 g/mol. The van der Waals surface area contributed by atoms with Crippen LogP contribution in [0.1, 0.15) is 42.7 Å². The van der Waals surface area contributed by atoms with E-state index in [1.165, 1.54) is 6.42 Å². The molecule has 2 aromatic rings. The van der Waals surface area contributed by atoms with Crippen molar-refractivity contribution in [1.29, 1.82) is 0 Å². The monoisotopic (exact) mass is 352 g/mol. The van der Waals surface area contributed by atoms with Crippen molar-refractivity contribution < 1.29 is 9.53 Å². The Labute approximate surface area is 156 Å². The second kappa shape index (κ2) is 9.48. The van der Waals surface area contributed by atoms with Gasteiger partial charge in [-0.1, -0.05) is 30.3 Å². The fourth-order valence-electron chi connectivity index (χ4n) is 3.54. The fourth-order valence-corrected chi connectivity index (χ4v) is 3.54. The van der Waals surface area contributed by atoms with Gasteiger partial charge in [0.1, 0.15) is 0 Å². The Morgan fingerprint density at radius 3 is 2.65 bits per heavy atom. The van der Waals surface area contributed by atoms with Crippen LogP contribution in [0.3, 0.4) is 0 Å². The number of pyridine rings is 1. The molecule has 0 radical (unpaired) electrons. The number of rotatable bonds is 7. The molecule has 4 heteroatoms. The first kappa shape index (κ1) is 18.6. The number of carbonyl (C=O) groups is 1. The Balaban J connectivity index is 1.67. The summed E-state index contributed by atoms with van der Waals surface area (Å²) in [6.45, 7) is 1.60. The maximum atomic E-state index is 13.2.